The Kier molecular flexibility index (Phi) is 2.31. The molecule has 1 heterocycles. The second-order valence-electron chi connectivity index (χ2n) is 3.37. The quantitative estimate of drug-likeness (QED) is 0.729. The van der Waals surface area contributed by atoms with Gasteiger partial charge in [0.1, 0.15) is 6.29 Å². The summed E-state index contributed by atoms with van der Waals surface area (Å²) in [4.78, 5) is 21.4. The normalized spacial score (nSPS) is 13.6. The van der Waals surface area contributed by atoms with Gasteiger partial charge in [-0.1, -0.05) is 12.1 Å². The number of nitrogens with one attached hydrogen (secondary N) is 1. The Morgan fingerprint density at radius 1 is 1.43 bits per heavy atom. The highest BCUT2D eigenvalue weighted by atomic mass is 16.1. The maximum atomic E-state index is 11.1. The van der Waals surface area contributed by atoms with E-state index < -0.39 is 0 Å². The number of benzene rings is 1. The van der Waals surface area contributed by atoms with Crippen LogP contribution in [-0.4, -0.2) is 12.2 Å². The van der Waals surface area contributed by atoms with E-state index in [0.717, 1.165) is 29.5 Å². The molecule has 0 aliphatic carbocycles. The van der Waals surface area contributed by atoms with Crippen LogP contribution in [0.1, 0.15) is 17.5 Å². The number of fused-ring (bicyclic) bond motifs is 1. The van der Waals surface area contributed by atoms with Crippen LogP contribution in [0.4, 0.5) is 5.69 Å². The summed E-state index contributed by atoms with van der Waals surface area (Å²) in [6.07, 6.45) is 2.60. The second kappa shape index (κ2) is 3.62. The molecule has 1 amide bonds. The molecule has 2 rings (SSSR count). The Labute approximate surface area is 82.1 Å². The van der Waals surface area contributed by atoms with Gasteiger partial charge in [0.15, 0.2) is 0 Å². The van der Waals surface area contributed by atoms with Crippen LogP contribution in [0.3, 0.4) is 0 Å². The van der Waals surface area contributed by atoms with E-state index in [-0.39, 0.29) is 5.91 Å². The monoisotopic (exact) mass is 189 g/mol. The largest absolute Gasteiger partial charge is 0.326 e. The van der Waals surface area contributed by atoms with Gasteiger partial charge in [0, 0.05) is 12.1 Å². The van der Waals surface area contributed by atoms with Crippen LogP contribution in [0.2, 0.25) is 0 Å². The van der Waals surface area contributed by atoms with Crippen molar-refractivity contribution in [1.29, 1.82) is 0 Å². The summed E-state index contributed by atoms with van der Waals surface area (Å²) in [5.41, 5.74) is 3.06. The number of amides is 1. The van der Waals surface area contributed by atoms with Crippen molar-refractivity contribution in [1.82, 2.24) is 0 Å². The molecular formula is C11H11NO2. The van der Waals surface area contributed by atoms with Crippen LogP contribution in [0.5, 0.6) is 0 Å². The second-order valence-corrected chi connectivity index (χ2v) is 3.37. The predicted octanol–water partition coefficient (Wildman–Crippen LogP) is 1.31. The fourth-order valence-electron chi connectivity index (χ4n) is 1.76. The SMILES string of the molecule is O=CCCc1cccc2c1CC(=O)N2. The lowest BCUT2D eigenvalue weighted by atomic mass is 10.0. The van der Waals surface area contributed by atoms with Crippen molar-refractivity contribution in [2.45, 2.75) is 19.3 Å². The molecule has 0 fully saturated rings. The van der Waals surface area contributed by atoms with Gasteiger partial charge in [0.2, 0.25) is 5.91 Å². The lowest BCUT2D eigenvalue weighted by Crippen LogP contribution is -2.03. The fourth-order valence-corrected chi connectivity index (χ4v) is 1.76. The molecule has 0 saturated carbocycles. The van der Waals surface area contributed by atoms with E-state index in [9.17, 15) is 9.59 Å². The number of hydrogen-bond acceptors (Lipinski definition) is 2. The highest BCUT2D eigenvalue weighted by Crippen LogP contribution is 2.26. The molecule has 0 atom stereocenters. The summed E-state index contributed by atoms with van der Waals surface area (Å²) >= 11 is 0. The van der Waals surface area contributed by atoms with E-state index in [1.54, 1.807) is 0 Å². The zero-order valence-corrected chi connectivity index (χ0v) is 7.75. The zero-order chi connectivity index (χ0) is 9.97. The lowest BCUT2D eigenvalue weighted by Gasteiger charge is -2.04. The highest BCUT2D eigenvalue weighted by Gasteiger charge is 2.19. The van der Waals surface area contributed by atoms with Crippen molar-refractivity contribution < 1.29 is 9.59 Å². The van der Waals surface area contributed by atoms with Gasteiger partial charge in [0.25, 0.3) is 0 Å². The first-order chi connectivity index (χ1) is 6.81. The summed E-state index contributed by atoms with van der Waals surface area (Å²) in [6.45, 7) is 0. The molecule has 0 saturated heterocycles. The maximum absolute atomic E-state index is 11.1. The molecule has 0 unspecified atom stereocenters. The number of hydrogen-bond donors (Lipinski definition) is 1. The number of anilines is 1. The predicted molar refractivity (Wildman–Crippen MR) is 53.2 cm³/mol. The van der Waals surface area contributed by atoms with Crippen LogP contribution in [0.25, 0.3) is 0 Å². The maximum Gasteiger partial charge on any atom is 0.228 e. The molecule has 72 valence electrons. The van der Waals surface area contributed by atoms with Crippen molar-refractivity contribution in [3.63, 3.8) is 0 Å². The van der Waals surface area contributed by atoms with E-state index in [1.807, 2.05) is 18.2 Å². The summed E-state index contributed by atoms with van der Waals surface area (Å²) in [5.74, 6) is 0.0403. The smallest absolute Gasteiger partial charge is 0.228 e. The summed E-state index contributed by atoms with van der Waals surface area (Å²) in [6, 6.07) is 5.78. The van der Waals surface area contributed by atoms with Crippen molar-refractivity contribution in [3.8, 4) is 0 Å². The average Bonchev–Trinajstić information content (AvgIpc) is 2.55. The molecule has 0 spiro atoms. The molecule has 0 bridgehead atoms. The van der Waals surface area contributed by atoms with Crippen LogP contribution < -0.4 is 5.32 Å². The molecule has 1 aromatic rings. The molecule has 14 heavy (non-hydrogen) atoms. The minimum absolute atomic E-state index is 0.0403. The standard InChI is InChI=1S/C11H11NO2/c13-6-2-4-8-3-1-5-10-9(8)7-11(14)12-10/h1,3,5-6H,2,4,7H2,(H,12,14). The molecule has 3 heteroatoms. The Morgan fingerprint density at radius 2 is 2.29 bits per heavy atom. The number of aryl methyl sites for hydroxylation is 1. The first-order valence-electron chi connectivity index (χ1n) is 4.65. The Hall–Kier alpha value is -1.64. The van der Waals surface area contributed by atoms with Crippen LogP contribution >= 0.6 is 0 Å². The first-order valence-corrected chi connectivity index (χ1v) is 4.65. The minimum atomic E-state index is 0.0403. The molecule has 1 aliphatic heterocycles. The van der Waals surface area contributed by atoms with E-state index >= 15 is 0 Å². The zero-order valence-electron chi connectivity index (χ0n) is 7.75. The molecule has 1 aliphatic rings. The first kappa shape index (κ1) is 8.94. The fraction of sp³-hybridized carbons (Fsp3) is 0.273. The third-order valence-electron chi connectivity index (χ3n) is 2.42. The van der Waals surface area contributed by atoms with Crippen molar-refractivity contribution >= 4 is 17.9 Å². The third-order valence-corrected chi connectivity index (χ3v) is 2.42. The van der Waals surface area contributed by atoms with Gasteiger partial charge >= 0.3 is 0 Å². The topological polar surface area (TPSA) is 46.2 Å². The number of aldehydes is 1. The Morgan fingerprint density at radius 3 is 3.07 bits per heavy atom. The lowest BCUT2D eigenvalue weighted by molar-refractivity contribution is -0.115. The highest BCUT2D eigenvalue weighted by molar-refractivity contribution is 5.99. The Balaban J connectivity index is 2.29. The van der Waals surface area contributed by atoms with Gasteiger partial charge in [-0.05, 0) is 23.6 Å². The third kappa shape index (κ3) is 1.53. The van der Waals surface area contributed by atoms with Crippen molar-refractivity contribution in [2.24, 2.45) is 0 Å². The average molecular weight is 189 g/mol. The molecule has 3 nitrogen and oxygen atoms in total. The van der Waals surface area contributed by atoms with Crippen LogP contribution in [0.15, 0.2) is 18.2 Å². The number of rotatable bonds is 3. The van der Waals surface area contributed by atoms with E-state index in [1.165, 1.54) is 0 Å². The van der Waals surface area contributed by atoms with E-state index in [2.05, 4.69) is 5.32 Å². The van der Waals surface area contributed by atoms with E-state index in [0.29, 0.717) is 12.8 Å². The molecular weight excluding hydrogens is 178 g/mol. The molecule has 0 aromatic heterocycles. The van der Waals surface area contributed by atoms with Crippen LogP contribution in [-0.2, 0) is 22.4 Å². The number of carbonyl (C=O) groups is 2. The molecule has 0 radical (unpaired) electrons. The van der Waals surface area contributed by atoms with Crippen molar-refractivity contribution in [2.75, 3.05) is 5.32 Å². The van der Waals surface area contributed by atoms with Gasteiger partial charge in [-0.3, -0.25) is 4.79 Å². The van der Waals surface area contributed by atoms with Crippen LogP contribution in [0, 0.1) is 0 Å². The minimum Gasteiger partial charge on any atom is -0.326 e. The van der Waals surface area contributed by atoms with Gasteiger partial charge in [-0.15, -0.1) is 0 Å². The van der Waals surface area contributed by atoms with Gasteiger partial charge in [-0.25, -0.2) is 0 Å². The van der Waals surface area contributed by atoms with Gasteiger partial charge in [0.05, 0.1) is 6.42 Å². The number of carbonyl (C=O) groups excluding carboxylic acids is 2. The van der Waals surface area contributed by atoms with Crippen molar-refractivity contribution in [3.05, 3.63) is 29.3 Å². The molecule has 1 N–H and O–H groups in total. The van der Waals surface area contributed by atoms with Gasteiger partial charge in [-0.2, -0.15) is 0 Å². The van der Waals surface area contributed by atoms with Gasteiger partial charge < -0.3 is 10.1 Å². The summed E-state index contributed by atoms with van der Waals surface area (Å²) in [5, 5.41) is 2.79. The Bertz CT molecular complexity index is 385. The summed E-state index contributed by atoms with van der Waals surface area (Å²) < 4.78 is 0. The molecule has 1 aromatic carbocycles. The summed E-state index contributed by atoms with van der Waals surface area (Å²) in [7, 11) is 0. The van der Waals surface area contributed by atoms with E-state index in [4.69, 9.17) is 0 Å².